The highest BCUT2D eigenvalue weighted by Crippen LogP contribution is 2.42. The molecule has 0 aromatic rings. The molecule has 0 aliphatic heterocycles. The molecule has 1 nitrogen and oxygen atoms in total. The van der Waals surface area contributed by atoms with Crippen molar-refractivity contribution in [3.8, 4) is 0 Å². The average Bonchev–Trinajstić information content (AvgIpc) is 1.82. The van der Waals surface area contributed by atoms with Crippen LogP contribution in [-0.2, 0) is 4.79 Å². The first-order valence-electron chi connectivity index (χ1n) is 2.33. The van der Waals surface area contributed by atoms with Crippen LogP contribution in [0, 0.1) is 0 Å². The van der Waals surface area contributed by atoms with Gasteiger partial charge in [-0.2, -0.15) is 0 Å². The van der Waals surface area contributed by atoms with Crippen LogP contribution >= 0.6 is 0 Å². The smallest absolute Gasteiger partial charge is 0.235 e. The van der Waals surface area contributed by atoms with E-state index in [-0.39, 0.29) is 0 Å². The molecule has 1 atom stereocenters. The van der Waals surface area contributed by atoms with Gasteiger partial charge in [0.1, 0.15) is 5.94 Å². The average molecular weight is 136 g/mol. The van der Waals surface area contributed by atoms with Crippen molar-refractivity contribution in [1.82, 2.24) is 0 Å². The third-order valence-corrected chi connectivity index (χ3v) is 1.23. The van der Waals surface area contributed by atoms with E-state index < -0.39 is 24.1 Å². The molecule has 9 heavy (non-hydrogen) atoms. The molecule has 0 aromatic heterocycles. The Morgan fingerprint density at radius 3 is 2.33 bits per heavy atom. The maximum absolute atomic E-state index is 11.9. The Bertz CT molecular complexity index is 181. The van der Waals surface area contributed by atoms with E-state index in [9.17, 15) is 18.0 Å². The lowest BCUT2D eigenvalue weighted by molar-refractivity contribution is -0.100. The van der Waals surface area contributed by atoms with E-state index in [1.807, 2.05) is 0 Å². The zero-order chi connectivity index (χ0) is 7.07. The van der Waals surface area contributed by atoms with E-state index in [4.69, 9.17) is 0 Å². The summed E-state index contributed by atoms with van der Waals surface area (Å²) in [6.45, 7) is 0. The van der Waals surface area contributed by atoms with Crippen molar-refractivity contribution in [2.45, 2.75) is 18.5 Å². The minimum absolute atomic E-state index is 0.458. The largest absolute Gasteiger partial charge is 0.287 e. The fourth-order valence-corrected chi connectivity index (χ4v) is 0.645. The SMILES string of the molecule is O=C=C1CC(F)(F)C1F. The Kier molecular flexibility index (Phi) is 1.14. The second-order valence-electron chi connectivity index (χ2n) is 1.93. The van der Waals surface area contributed by atoms with Gasteiger partial charge in [0.05, 0.1) is 5.57 Å². The zero-order valence-electron chi connectivity index (χ0n) is 4.33. The highest BCUT2D eigenvalue weighted by molar-refractivity contribution is 5.58. The fraction of sp³-hybridized carbons (Fsp3) is 0.600. The van der Waals surface area contributed by atoms with Gasteiger partial charge in [-0.05, 0) is 0 Å². The third kappa shape index (κ3) is 0.754. The van der Waals surface area contributed by atoms with Crippen molar-refractivity contribution in [2.75, 3.05) is 0 Å². The maximum Gasteiger partial charge on any atom is 0.287 e. The van der Waals surface area contributed by atoms with Crippen LogP contribution in [0.15, 0.2) is 5.57 Å². The van der Waals surface area contributed by atoms with E-state index in [1.165, 1.54) is 0 Å². The number of allylic oxidation sites excluding steroid dienone is 1. The second kappa shape index (κ2) is 1.61. The van der Waals surface area contributed by atoms with Crippen LogP contribution in [0.25, 0.3) is 0 Å². The number of halogens is 3. The summed E-state index contributed by atoms with van der Waals surface area (Å²) < 4.78 is 35.5. The molecule has 1 saturated carbocycles. The Morgan fingerprint density at radius 1 is 1.67 bits per heavy atom. The van der Waals surface area contributed by atoms with Gasteiger partial charge < -0.3 is 0 Å². The van der Waals surface area contributed by atoms with Crippen molar-refractivity contribution in [3.63, 3.8) is 0 Å². The molecular weight excluding hydrogens is 133 g/mol. The van der Waals surface area contributed by atoms with Crippen LogP contribution in [0.5, 0.6) is 0 Å². The number of carbonyl (C=O) groups excluding carboxylic acids is 1. The predicted molar refractivity (Wildman–Crippen MR) is 23.7 cm³/mol. The Morgan fingerprint density at radius 2 is 2.22 bits per heavy atom. The van der Waals surface area contributed by atoms with Crippen LogP contribution < -0.4 is 0 Å². The number of rotatable bonds is 0. The fourth-order valence-electron chi connectivity index (χ4n) is 0.645. The molecule has 1 aliphatic carbocycles. The molecule has 4 heteroatoms. The summed E-state index contributed by atoms with van der Waals surface area (Å²) in [5, 5.41) is 0. The molecule has 0 bridgehead atoms. The summed E-state index contributed by atoms with van der Waals surface area (Å²) in [6, 6.07) is 0. The van der Waals surface area contributed by atoms with Crippen molar-refractivity contribution in [2.24, 2.45) is 0 Å². The quantitative estimate of drug-likeness (QED) is 0.456. The van der Waals surface area contributed by atoms with E-state index in [2.05, 4.69) is 0 Å². The molecule has 1 rings (SSSR count). The van der Waals surface area contributed by atoms with E-state index in [0.717, 1.165) is 5.94 Å². The van der Waals surface area contributed by atoms with Gasteiger partial charge in [-0.15, -0.1) is 0 Å². The lowest BCUT2D eigenvalue weighted by Gasteiger charge is -2.30. The molecule has 0 aromatic carbocycles. The standard InChI is InChI=1S/C5H3F3O/c6-4-3(2-9)1-5(4,7)8/h4H,1H2. The first-order chi connectivity index (χ1) is 4.08. The maximum atomic E-state index is 11.9. The molecule has 1 fully saturated rings. The summed E-state index contributed by atoms with van der Waals surface area (Å²) in [5.41, 5.74) is -0.458. The van der Waals surface area contributed by atoms with Gasteiger partial charge in [-0.1, -0.05) is 0 Å². The highest BCUT2D eigenvalue weighted by atomic mass is 19.3. The summed E-state index contributed by atoms with van der Waals surface area (Å²) in [7, 11) is 0. The van der Waals surface area contributed by atoms with Gasteiger partial charge in [0.2, 0.25) is 0 Å². The molecule has 50 valence electrons. The lowest BCUT2D eigenvalue weighted by Crippen LogP contribution is -2.43. The monoisotopic (exact) mass is 136 g/mol. The lowest BCUT2D eigenvalue weighted by atomic mass is 9.87. The zero-order valence-corrected chi connectivity index (χ0v) is 4.33. The van der Waals surface area contributed by atoms with Crippen LogP contribution in [0.4, 0.5) is 13.2 Å². The normalized spacial score (nSPS) is 31.0. The van der Waals surface area contributed by atoms with Gasteiger partial charge in [0.25, 0.3) is 5.92 Å². The molecule has 1 aliphatic rings. The minimum atomic E-state index is -3.31. The first-order valence-corrected chi connectivity index (χ1v) is 2.33. The Balaban J connectivity index is 2.73. The molecule has 1 unspecified atom stereocenters. The first kappa shape index (κ1) is 6.36. The number of alkyl halides is 3. The molecule has 0 N–H and O–H groups in total. The van der Waals surface area contributed by atoms with Gasteiger partial charge >= 0.3 is 0 Å². The van der Waals surface area contributed by atoms with Crippen LogP contribution in [0.3, 0.4) is 0 Å². The molecule has 0 heterocycles. The predicted octanol–water partition coefficient (Wildman–Crippen LogP) is 1.12. The Hall–Kier alpha value is -0.760. The molecular formula is C5H3F3O. The number of hydrogen-bond acceptors (Lipinski definition) is 1. The van der Waals surface area contributed by atoms with E-state index >= 15 is 0 Å². The molecule has 0 amide bonds. The van der Waals surface area contributed by atoms with Gasteiger partial charge in [0.15, 0.2) is 6.17 Å². The second-order valence-corrected chi connectivity index (χ2v) is 1.93. The molecule has 0 saturated heterocycles. The van der Waals surface area contributed by atoms with Crippen molar-refractivity contribution in [1.29, 1.82) is 0 Å². The summed E-state index contributed by atoms with van der Waals surface area (Å²) >= 11 is 0. The van der Waals surface area contributed by atoms with Crippen LogP contribution in [0.2, 0.25) is 0 Å². The van der Waals surface area contributed by atoms with Crippen LogP contribution in [-0.4, -0.2) is 18.0 Å². The highest BCUT2D eigenvalue weighted by Gasteiger charge is 2.54. The molecule has 0 radical (unpaired) electrons. The van der Waals surface area contributed by atoms with Gasteiger partial charge in [-0.3, -0.25) is 0 Å². The van der Waals surface area contributed by atoms with Gasteiger partial charge in [-0.25, -0.2) is 18.0 Å². The summed E-state index contributed by atoms with van der Waals surface area (Å²) in [4.78, 5) is 9.55. The topological polar surface area (TPSA) is 17.1 Å². The minimum Gasteiger partial charge on any atom is -0.235 e. The Labute approximate surface area is 49.2 Å². The summed E-state index contributed by atoms with van der Waals surface area (Å²) in [5.74, 6) is -2.19. The van der Waals surface area contributed by atoms with Crippen molar-refractivity contribution in [3.05, 3.63) is 5.57 Å². The molecule has 0 spiro atoms. The summed E-state index contributed by atoms with van der Waals surface area (Å²) in [6.07, 6.45) is -3.15. The van der Waals surface area contributed by atoms with Crippen molar-refractivity contribution < 1.29 is 18.0 Å². The van der Waals surface area contributed by atoms with E-state index in [1.54, 1.807) is 0 Å². The number of hydrogen-bond donors (Lipinski definition) is 0. The van der Waals surface area contributed by atoms with Gasteiger partial charge in [0, 0.05) is 6.42 Å². The van der Waals surface area contributed by atoms with Crippen LogP contribution in [0.1, 0.15) is 6.42 Å². The van der Waals surface area contributed by atoms with E-state index in [0.29, 0.717) is 0 Å². The van der Waals surface area contributed by atoms with Crippen molar-refractivity contribution >= 4 is 5.94 Å². The third-order valence-electron chi connectivity index (χ3n) is 1.23.